The van der Waals surface area contributed by atoms with Crippen LogP contribution in [0.5, 0.6) is 0 Å². The SMILES string of the molecule is FC1=C(c2c(F)c(F)cc(F)c2F)C(F)(F)C1(F)F. The van der Waals surface area contributed by atoms with Gasteiger partial charge in [0.25, 0.3) is 0 Å². The topological polar surface area (TPSA) is 0 Å². The van der Waals surface area contributed by atoms with E-state index in [4.69, 9.17) is 0 Å². The second-order valence-corrected chi connectivity index (χ2v) is 3.68. The van der Waals surface area contributed by atoms with Gasteiger partial charge in [0.15, 0.2) is 29.1 Å². The summed E-state index contributed by atoms with van der Waals surface area (Å²) < 4.78 is 115. The number of halogens is 9. The Morgan fingerprint density at radius 2 is 1.11 bits per heavy atom. The summed E-state index contributed by atoms with van der Waals surface area (Å²) in [5.41, 5.74) is -4.57. The van der Waals surface area contributed by atoms with Crippen molar-refractivity contribution in [3.05, 3.63) is 40.7 Å². The zero-order valence-corrected chi connectivity index (χ0v) is 8.48. The predicted octanol–water partition coefficient (Wildman–Crippen LogP) is 4.21. The highest BCUT2D eigenvalue weighted by Gasteiger charge is 2.73. The van der Waals surface area contributed by atoms with E-state index in [-0.39, 0.29) is 6.07 Å². The van der Waals surface area contributed by atoms with E-state index >= 15 is 0 Å². The van der Waals surface area contributed by atoms with Crippen LogP contribution in [0.25, 0.3) is 5.57 Å². The fraction of sp³-hybridized carbons (Fsp3) is 0.200. The molecule has 0 N–H and O–H groups in total. The zero-order chi connectivity index (χ0) is 14.7. The first-order chi connectivity index (χ1) is 8.53. The van der Waals surface area contributed by atoms with Crippen LogP contribution in [0.15, 0.2) is 11.9 Å². The van der Waals surface area contributed by atoms with Crippen LogP contribution in [0, 0.1) is 23.3 Å². The molecule has 0 saturated carbocycles. The lowest BCUT2D eigenvalue weighted by Crippen LogP contribution is -2.52. The van der Waals surface area contributed by atoms with E-state index < -0.39 is 52.1 Å². The molecule has 0 aliphatic heterocycles. The second-order valence-electron chi connectivity index (χ2n) is 3.68. The van der Waals surface area contributed by atoms with E-state index in [1.807, 2.05) is 0 Å². The van der Waals surface area contributed by atoms with Gasteiger partial charge in [0.05, 0.1) is 11.1 Å². The third-order valence-corrected chi connectivity index (χ3v) is 2.57. The number of hydrogen-bond acceptors (Lipinski definition) is 0. The average molecular weight is 292 g/mol. The molecule has 0 spiro atoms. The van der Waals surface area contributed by atoms with E-state index in [2.05, 4.69) is 0 Å². The maximum atomic E-state index is 13.1. The lowest BCUT2D eigenvalue weighted by atomic mass is 9.82. The monoisotopic (exact) mass is 292 g/mol. The highest BCUT2D eigenvalue weighted by atomic mass is 19.3. The predicted molar refractivity (Wildman–Crippen MR) is 44.2 cm³/mol. The fourth-order valence-electron chi connectivity index (χ4n) is 1.59. The van der Waals surface area contributed by atoms with Gasteiger partial charge >= 0.3 is 11.8 Å². The molecule has 0 nitrogen and oxygen atoms in total. The number of rotatable bonds is 1. The minimum absolute atomic E-state index is 0.318. The third-order valence-electron chi connectivity index (χ3n) is 2.57. The van der Waals surface area contributed by atoms with Gasteiger partial charge in [-0.3, -0.25) is 0 Å². The first-order valence-corrected chi connectivity index (χ1v) is 4.53. The third kappa shape index (κ3) is 1.50. The van der Waals surface area contributed by atoms with Crippen molar-refractivity contribution in [3.63, 3.8) is 0 Å². The van der Waals surface area contributed by atoms with Gasteiger partial charge in [-0.15, -0.1) is 0 Å². The molecule has 0 unspecified atom stereocenters. The van der Waals surface area contributed by atoms with Gasteiger partial charge in [-0.25, -0.2) is 22.0 Å². The molecule has 0 aromatic heterocycles. The van der Waals surface area contributed by atoms with E-state index in [1.54, 1.807) is 0 Å². The van der Waals surface area contributed by atoms with Crippen LogP contribution in [0.1, 0.15) is 5.56 Å². The Bertz CT molecular complexity index is 573. The summed E-state index contributed by atoms with van der Waals surface area (Å²) in [7, 11) is 0. The minimum atomic E-state index is -5.27. The van der Waals surface area contributed by atoms with Crippen molar-refractivity contribution in [2.75, 3.05) is 0 Å². The molecule has 0 amide bonds. The van der Waals surface area contributed by atoms with Crippen LogP contribution < -0.4 is 0 Å². The lowest BCUT2D eigenvalue weighted by molar-refractivity contribution is -0.182. The Balaban J connectivity index is 2.80. The molecule has 1 aromatic carbocycles. The molecular weight excluding hydrogens is 291 g/mol. The van der Waals surface area contributed by atoms with Gasteiger partial charge in [0, 0.05) is 6.07 Å². The van der Waals surface area contributed by atoms with Crippen molar-refractivity contribution in [1.82, 2.24) is 0 Å². The van der Waals surface area contributed by atoms with Crippen molar-refractivity contribution >= 4 is 5.57 Å². The Labute approximate surface area is 98.7 Å². The molecule has 0 atom stereocenters. The van der Waals surface area contributed by atoms with Crippen LogP contribution in [-0.4, -0.2) is 11.8 Å². The Morgan fingerprint density at radius 3 is 1.47 bits per heavy atom. The summed E-state index contributed by atoms with van der Waals surface area (Å²) in [5, 5.41) is 0. The molecule has 0 radical (unpaired) electrons. The summed E-state index contributed by atoms with van der Waals surface area (Å²) in [6.07, 6.45) is 0. The highest BCUT2D eigenvalue weighted by Crippen LogP contribution is 2.60. The lowest BCUT2D eigenvalue weighted by Gasteiger charge is -2.37. The number of benzene rings is 1. The van der Waals surface area contributed by atoms with Gasteiger partial charge in [0.1, 0.15) is 0 Å². The maximum Gasteiger partial charge on any atom is 0.365 e. The maximum absolute atomic E-state index is 13.1. The molecule has 1 aromatic rings. The van der Waals surface area contributed by atoms with Crippen molar-refractivity contribution in [3.8, 4) is 0 Å². The molecule has 1 aliphatic rings. The highest BCUT2D eigenvalue weighted by molar-refractivity contribution is 5.82. The normalized spacial score (nSPS) is 20.5. The number of hydrogen-bond donors (Lipinski definition) is 0. The quantitative estimate of drug-likeness (QED) is 0.537. The summed E-state index contributed by atoms with van der Waals surface area (Å²) in [6, 6.07) is -0.318. The molecule has 9 heteroatoms. The van der Waals surface area contributed by atoms with Crippen molar-refractivity contribution in [1.29, 1.82) is 0 Å². The Kier molecular flexibility index (Phi) is 2.66. The summed E-state index contributed by atoms with van der Waals surface area (Å²) in [6.45, 7) is 0. The van der Waals surface area contributed by atoms with Gasteiger partial charge in [-0.2, -0.15) is 17.6 Å². The molecule has 2 rings (SSSR count). The van der Waals surface area contributed by atoms with Crippen LogP contribution in [0.4, 0.5) is 39.5 Å². The van der Waals surface area contributed by atoms with Gasteiger partial charge in [-0.1, -0.05) is 0 Å². The van der Waals surface area contributed by atoms with Crippen LogP contribution in [0.3, 0.4) is 0 Å². The number of alkyl halides is 4. The first-order valence-electron chi connectivity index (χ1n) is 4.53. The van der Waals surface area contributed by atoms with E-state index in [1.165, 1.54) is 0 Å². The molecule has 0 fully saturated rings. The van der Waals surface area contributed by atoms with Crippen molar-refractivity contribution in [2.24, 2.45) is 0 Å². The van der Waals surface area contributed by atoms with Crippen LogP contribution in [0.2, 0.25) is 0 Å². The second kappa shape index (κ2) is 3.67. The Hall–Kier alpha value is -1.67. The average Bonchev–Trinajstić information content (AvgIpc) is 2.30. The van der Waals surface area contributed by atoms with Crippen molar-refractivity contribution < 1.29 is 39.5 Å². The zero-order valence-electron chi connectivity index (χ0n) is 8.48. The fourth-order valence-corrected chi connectivity index (χ4v) is 1.59. The summed E-state index contributed by atoms with van der Waals surface area (Å²) >= 11 is 0. The standard InChI is InChI=1S/C10HF9/c11-2-1-3(12)7(14)4(6(2)13)5-8(15)10(18,19)9(5,16)17/h1H. The van der Waals surface area contributed by atoms with Crippen LogP contribution >= 0.6 is 0 Å². The molecular formula is C10HF9. The van der Waals surface area contributed by atoms with Gasteiger partial charge in [-0.05, 0) is 0 Å². The van der Waals surface area contributed by atoms with Crippen LogP contribution in [-0.2, 0) is 0 Å². The molecule has 0 heterocycles. The first kappa shape index (κ1) is 13.8. The smallest absolute Gasteiger partial charge is 0.204 e. The summed E-state index contributed by atoms with van der Waals surface area (Å²) in [4.78, 5) is 0. The van der Waals surface area contributed by atoms with Gasteiger partial charge in [0.2, 0.25) is 0 Å². The minimum Gasteiger partial charge on any atom is -0.204 e. The summed E-state index contributed by atoms with van der Waals surface area (Å²) in [5.74, 6) is -22.3. The van der Waals surface area contributed by atoms with E-state index in [0.29, 0.717) is 0 Å². The number of allylic oxidation sites excluding steroid dienone is 2. The van der Waals surface area contributed by atoms with E-state index in [9.17, 15) is 39.5 Å². The molecule has 104 valence electrons. The van der Waals surface area contributed by atoms with Gasteiger partial charge < -0.3 is 0 Å². The largest absolute Gasteiger partial charge is 0.365 e. The molecule has 0 saturated heterocycles. The molecule has 1 aliphatic carbocycles. The molecule has 0 bridgehead atoms. The van der Waals surface area contributed by atoms with Crippen molar-refractivity contribution in [2.45, 2.75) is 11.8 Å². The molecule has 19 heavy (non-hydrogen) atoms. The van der Waals surface area contributed by atoms with E-state index in [0.717, 1.165) is 0 Å². The Morgan fingerprint density at radius 1 is 0.684 bits per heavy atom.